The topological polar surface area (TPSA) is 67.3 Å². The van der Waals surface area contributed by atoms with Crippen LogP contribution in [0.15, 0.2) is 33.6 Å². The smallest absolute Gasteiger partial charge is 0.356 e. The first-order valence-corrected chi connectivity index (χ1v) is 8.19. The van der Waals surface area contributed by atoms with E-state index >= 15 is 0 Å². The molecule has 4 nitrogen and oxygen atoms in total. The highest BCUT2D eigenvalue weighted by atomic mass is 79.9. The average molecular weight is 372 g/mol. The van der Waals surface area contributed by atoms with Gasteiger partial charge in [0.15, 0.2) is 11.5 Å². The molecule has 20 heavy (non-hydrogen) atoms. The van der Waals surface area contributed by atoms with E-state index in [9.17, 15) is 9.59 Å². The van der Waals surface area contributed by atoms with Crippen LogP contribution in [-0.2, 0) is 5.75 Å². The van der Waals surface area contributed by atoms with Gasteiger partial charge in [-0.1, -0.05) is 15.9 Å². The van der Waals surface area contributed by atoms with Crippen molar-refractivity contribution in [2.75, 3.05) is 0 Å². The molecule has 0 atom stereocenters. The summed E-state index contributed by atoms with van der Waals surface area (Å²) in [6.45, 7) is 1.35. The van der Waals surface area contributed by atoms with Crippen molar-refractivity contribution < 1.29 is 14.7 Å². The van der Waals surface area contributed by atoms with Crippen LogP contribution >= 0.6 is 39.0 Å². The highest BCUT2D eigenvalue weighted by Crippen LogP contribution is 2.28. The van der Waals surface area contributed by atoms with Gasteiger partial charge in [0.1, 0.15) is 9.88 Å². The lowest BCUT2D eigenvalue weighted by Gasteiger charge is -1.98. The van der Waals surface area contributed by atoms with Gasteiger partial charge in [-0.2, -0.15) is 0 Å². The van der Waals surface area contributed by atoms with Crippen LogP contribution in [0.25, 0.3) is 0 Å². The summed E-state index contributed by atoms with van der Waals surface area (Å²) in [7, 11) is 0. The minimum Gasteiger partial charge on any atom is -0.476 e. The summed E-state index contributed by atoms with van der Waals surface area (Å²) in [6.07, 6.45) is 0. The molecule has 1 aromatic carbocycles. The lowest BCUT2D eigenvalue weighted by Crippen LogP contribution is -2.03. The first kappa shape index (κ1) is 15.2. The molecular weight excluding hydrogens is 362 g/mol. The quantitative estimate of drug-likeness (QED) is 0.632. The molecule has 0 aliphatic rings. The van der Waals surface area contributed by atoms with Gasteiger partial charge in [-0.05, 0) is 24.3 Å². The summed E-state index contributed by atoms with van der Waals surface area (Å²) in [5.74, 6) is -0.883. The van der Waals surface area contributed by atoms with Gasteiger partial charge in [-0.15, -0.1) is 23.1 Å². The number of benzene rings is 1. The Hall–Kier alpha value is -1.18. The standard InChI is InChI=1S/C13H10BrNO3S2/c1-7(16)12-11(13(17)18)15-10(20-12)6-19-9-4-2-8(14)3-5-9/h2-5H,6H2,1H3,(H,17,18). The first-order chi connectivity index (χ1) is 9.47. The summed E-state index contributed by atoms with van der Waals surface area (Å²) in [5, 5.41) is 9.66. The van der Waals surface area contributed by atoms with E-state index in [1.54, 1.807) is 11.8 Å². The first-order valence-electron chi connectivity index (χ1n) is 5.59. The Balaban J connectivity index is 2.14. The van der Waals surface area contributed by atoms with Gasteiger partial charge < -0.3 is 5.11 Å². The van der Waals surface area contributed by atoms with Gasteiger partial charge in [0.2, 0.25) is 0 Å². The SMILES string of the molecule is CC(=O)c1sc(CSc2ccc(Br)cc2)nc1C(=O)O. The van der Waals surface area contributed by atoms with Crippen molar-refractivity contribution in [3.05, 3.63) is 44.3 Å². The number of carbonyl (C=O) groups excluding carboxylic acids is 1. The number of hydrogen-bond acceptors (Lipinski definition) is 5. The van der Waals surface area contributed by atoms with Crippen LogP contribution in [0, 0.1) is 0 Å². The van der Waals surface area contributed by atoms with Crippen LogP contribution < -0.4 is 0 Å². The Labute approximate surface area is 132 Å². The molecular formula is C13H10BrNO3S2. The second-order valence-corrected chi connectivity index (χ2v) is 6.94. The fraction of sp³-hybridized carbons (Fsp3) is 0.154. The van der Waals surface area contributed by atoms with Gasteiger partial charge >= 0.3 is 5.97 Å². The van der Waals surface area contributed by atoms with E-state index in [0.717, 1.165) is 20.7 Å². The largest absolute Gasteiger partial charge is 0.476 e. The normalized spacial score (nSPS) is 10.5. The van der Waals surface area contributed by atoms with Crippen LogP contribution in [0.5, 0.6) is 0 Å². The minimum absolute atomic E-state index is 0.145. The molecule has 0 spiro atoms. The molecule has 0 fully saturated rings. The number of thiazole rings is 1. The predicted molar refractivity (Wildman–Crippen MR) is 82.8 cm³/mol. The van der Waals surface area contributed by atoms with Crippen LogP contribution in [0.3, 0.4) is 0 Å². The zero-order valence-corrected chi connectivity index (χ0v) is 13.6. The number of carbonyl (C=O) groups is 2. The molecule has 0 aliphatic carbocycles. The number of ketones is 1. The summed E-state index contributed by atoms with van der Waals surface area (Å²) < 4.78 is 1.00. The molecule has 2 rings (SSSR count). The number of halogens is 1. The number of carboxylic acid groups (broad SMARTS) is 1. The number of aromatic carboxylic acids is 1. The molecule has 1 heterocycles. The molecule has 104 valence electrons. The second kappa shape index (κ2) is 6.51. The molecule has 7 heteroatoms. The van der Waals surface area contributed by atoms with Crippen molar-refractivity contribution in [3.8, 4) is 0 Å². The van der Waals surface area contributed by atoms with Gasteiger partial charge in [0.05, 0.1) is 5.75 Å². The van der Waals surface area contributed by atoms with E-state index in [1.165, 1.54) is 6.92 Å². The molecule has 0 saturated carbocycles. The molecule has 1 N–H and O–H groups in total. The second-order valence-electron chi connectivity index (χ2n) is 3.89. The Morgan fingerprint density at radius 2 is 2.00 bits per heavy atom. The number of aromatic nitrogens is 1. The number of carboxylic acids is 1. The molecule has 0 unspecified atom stereocenters. The maximum Gasteiger partial charge on any atom is 0.356 e. The number of Topliss-reactive ketones (excluding diaryl/α,β-unsaturated/α-hetero) is 1. The van der Waals surface area contributed by atoms with Crippen LogP contribution in [0.4, 0.5) is 0 Å². The highest BCUT2D eigenvalue weighted by molar-refractivity contribution is 9.10. The van der Waals surface area contributed by atoms with Crippen molar-refractivity contribution in [3.63, 3.8) is 0 Å². The van der Waals surface area contributed by atoms with E-state index < -0.39 is 5.97 Å². The molecule has 0 aliphatic heterocycles. The molecule has 1 aromatic heterocycles. The Kier molecular flexibility index (Phi) is 4.95. The third-order valence-electron chi connectivity index (χ3n) is 2.37. The van der Waals surface area contributed by atoms with E-state index in [4.69, 9.17) is 5.11 Å². The molecule has 0 bridgehead atoms. The van der Waals surface area contributed by atoms with Gasteiger partial charge in [0, 0.05) is 16.3 Å². The summed E-state index contributed by atoms with van der Waals surface area (Å²) in [6, 6.07) is 7.81. The third kappa shape index (κ3) is 3.68. The van der Waals surface area contributed by atoms with Crippen LogP contribution in [-0.4, -0.2) is 21.8 Å². The summed E-state index contributed by atoms with van der Waals surface area (Å²) >= 11 is 6.06. The molecule has 2 aromatic rings. The van der Waals surface area contributed by atoms with Crippen LogP contribution in [0.2, 0.25) is 0 Å². The molecule has 0 amide bonds. The van der Waals surface area contributed by atoms with Gasteiger partial charge in [-0.25, -0.2) is 9.78 Å². The summed E-state index contributed by atoms with van der Waals surface area (Å²) in [4.78, 5) is 27.7. The van der Waals surface area contributed by atoms with Crippen molar-refractivity contribution in [2.24, 2.45) is 0 Å². The minimum atomic E-state index is -1.16. The highest BCUT2D eigenvalue weighted by Gasteiger charge is 2.20. The van der Waals surface area contributed by atoms with E-state index in [2.05, 4.69) is 20.9 Å². The Morgan fingerprint density at radius 3 is 2.50 bits per heavy atom. The third-order valence-corrected chi connectivity index (χ3v) is 5.26. The molecule has 0 radical (unpaired) electrons. The lowest BCUT2D eigenvalue weighted by atomic mass is 10.3. The lowest BCUT2D eigenvalue weighted by molar-refractivity contribution is 0.0687. The van der Waals surface area contributed by atoms with Crippen molar-refractivity contribution in [1.82, 2.24) is 4.98 Å². The van der Waals surface area contributed by atoms with E-state index in [-0.39, 0.29) is 16.4 Å². The average Bonchev–Trinajstić information content (AvgIpc) is 2.83. The van der Waals surface area contributed by atoms with Gasteiger partial charge in [0.25, 0.3) is 0 Å². The summed E-state index contributed by atoms with van der Waals surface area (Å²) in [5.41, 5.74) is -0.145. The number of hydrogen-bond donors (Lipinski definition) is 1. The number of nitrogens with zero attached hydrogens (tertiary/aromatic N) is 1. The van der Waals surface area contributed by atoms with Crippen molar-refractivity contribution in [1.29, 1.82) is 0 Å². The van der Waals surface area contributed by atoms with E-state index in [0.29, 0.717) is 10.8 Å². The zero-order chi connectivity index (χ0) is 14.7. The number of rotatable bonds is 5. The zero-order valence-electron chi connectivity index (χ0n) is 10.4. The Morgan fingerprint density at radius 1 is 1.35 bits per heavy atom. The fourth-order valence-corrected chi connectivity index (χ4v) is 3.59. The predicted octanol–water partition coefficient (Wildman–Crippen LogP) is 4.10. The van der Waals surface area contributed by atoms with Crippen molar-refractivity contribution >= 4 is 50.8 Å². The van der Waals surface area contributed by atoms with Crippen molar-refractivity contribution in [2.45, 2.75) is 17.6 Å². The fourth-order valence-electron chi connectivity index (χ4n) is 1.49. The van der Waals surface area contributed by atoms with Crippen LogP contribution in [0.1, 0.15) is 32.1 Å². The monoisotopic (exact) mass is 371 g/mol. The maximum absolute atomic E-state index is 11.4. The Bertz CT molecular complexity index is 621. The maximum atomic E-state index is 11.4. The van der Waals surface area contributed by atoms with E-state index in [1.807, 2.05) is 24.3 Å². The van der Waals surface area contributed by atoms with Gasteiger partial charge in [-0.3, -0.25) is 4.79 Å². The molecule has 0 saturated heterocycles. The number of thioether (sulfide) groups is 1.